The van der Waals surface area contributed by atoms with E-state index in [4.69, 9.17) is 0 Å². The number of benzene rings is 2. The van der Waals surface area contributed by atoms with E-state index in [0.717, 1.165) is 25.5 Å². The molecule has 0 aliphatic heterocycles. The summed E-state index contributed by atoms with van der Waals surface area (Å²) in [5.41, 5.74) is 1.60. The molecule has 0 aliphatic rings. The Kier molecular flexibility index (Phi) is 3.76. The van der Waals surface area contributed by atoms with E-state index in [0.29, 0.717) is 4.53 Å². The monoisotopic (exact) mass is 352 g/mol. The second-order valence-corrected chi connectivity index (χ2v) is 7.33. The smallest absolute Gasteiger partial charge is 0.266 e. The van der Waals surface area contributed by atoms with Gasteiger partial charge in [-0.3, -0.25) is 4.79 Å². The van der Waals surface area contributed by atoms with E-state index < -0.39 is 0 Å². The van der Waals surface area contributed by atoms with Crippen LogP contribution >= 0.6 is 22.7 Å². The van der Waals surface area contributed by atoms with Crippen LogP contribution < -0.4 is 14.8 Å². The third-order valence-electron chi connectivity index (χ3n) is 3.41. The maximum Gasteiger partial charge on any atom is 0.266 e. The van der Waals surface area contributed by atoms with Crippen LogP contribution in [-0.2, 0) is 0 Å². The fourth-order valence-corrected chi connectivity index (χ4v) is 4.23. The zero-order valence-corrected chi connectivity index (χ0v) is 14.0. The van der Waals surface area contributed by atoms with Gasteiger partial charge in [0.25, 0.3) is 5.56 Å². The Bertz CT molecular complexity index is 1170. The van der Waals surface area contributed by atoms with Gasteiger partial charge in [-0.05, 0) is 35.9 Å². The van der Waals surface area contributed by atoms with Crippen molar-refractivity contribution in [1.82, 2.24) is 9.97 Å². The summed E-state index contributed by atoms with van der Waals surface area (Å²) in [7, 11) is 0. The highest BCUT2D eigenvalue weighted by molar-refractivity contribution is 7.19. The molecule has 0 bridgehead atoms. The Morgan fingerprint density at radius 2 is 1.92 bits per heavy atom. The molecule has 6 heteroatoms. The van der Waals surface area contributed by atoms with Crippen LogP contribution in [-0.4, -0.2) is 15.1 Å². The highest BCUT2D eigenvalue weighted by Crippen LogP contribution is 2.21. The number of nitrogens with one attached hydrogen (secondary N) is 1. The lowest BCUT2D eigenvalue weighted by Gasteiger charge is -1.92. The zero-order chi connectivity index (χ0) is 16.5. The van der Waals surface area contributed by atoms with Crippen LogP contribution in [0.3, 0.4) is 0 Å². The summed E-state index contributed by atoms with van der Waals surface area (Å²) < 4.78 is 2.47. The van der Waals surface area contributed by atoms with Crippen LogP contribution in [0.4, 0.5) is 0 Å². The fraction of sp³-hybridized carbons (Fsp3) is 0. The molecule has 118 valence electrons. The summed E-state index contributed by atoms with van der Waals surface area (Å²) in [6, 6.07) is 14.8. The Hall–Kier alpha value is -2.70. The molecule has 2 aromatic heterocycles. The Balaban J connectivity index is 1.79. The number of aromatic amines is 1. The molecular formula is C18H12N2O2S2. The molecule has 4 rings (SSSR count). The van der Waals surface area contributed by atoms with Crippen molar-refractivity contribution in [2.75, 3.05) is 0 Å². The van der Waals surface area contributed by atoms with Crippen molar-refractivity contribution in [1.29, 1.82) is 0 Å². The van der Waals surface area contributed by atoms with E-state index in [1.807, 2.05) is 36.4 Å². The predicted octanol–water partition coefficient (Wildman–Crippen LogP) is 2.41. The first-order valence-electron chi connectivity index (χ1n) is 7.24. The lowest BCUT2D eigenvalue weighted by Crippen LogP contribution is -2.19. The number of H-pyrrole nitrogens is 1. The lowest BCUT2D eigenvalue weighted by molar-refractivity contribution is 0.475. The number of rotatable bonds is 2. The molecule has 2 heterocycles. The average Bonchev–Trinajstić information content (AvgIpc) is 3.10. The molecule has 0 saturated heterocycles. The number of aromatic hydroxyl groups is 1. The number of thiazole rings is 2. The van der Waals surface area contributed by atoms with Gasteiger partial charge in [-0.25, -0.2) is 4.98 Å². The van der Waals surface area contributed by atoms with Crippen LogP contribution in [0.15, 0.2) is 53.3 Å². The second-order valence-electron chi connectivity index (χ2n) is 5.19. The molecule has 0 aliphatic carbocycles. The Labute approximate surface area is 144 Å². The third-order valence-corrected chi connectivity index (χ3v) is 5.36. The summed E-state index contributed by atoms with van der Waals surface area (Å²) in [6.07, 6.45) is 3.65. The average molecular weight is 352 g/mol. The van der Waals surface area contributed by atoms with Crippen LogP contribution in [0.2, 0.25) is 0 Å². The van der Waals surface area contributed by atoms with Crippen molar-refractivity contribution >= 4 is 45.0 Å². The van der Waals surface area contributed by atoms with Crippen molar-refractivity contribution < 1.29 is 5.11 Å². The van der Waals surface area contributed by atoms with Crippen molar-refractivity contribution in [3.8, 4) is 5.75 Å². The first-order valence-corrected chi connectivity index (χ1v) is 8.88. The summed E-state index contributed by atoms with van der Waals surface area (Å²) in [6.45, 7) is 0. The van der Waals surface area contributed by atoms with Crippen molar-refractivity contribution in [3.63, 3.8) is 0 Å². The minimum Gasteiger partial charge on any atom is -0.508 e. The molecular weight excluding hydrogens is 340 g/mol. The van der Waals surface area contributed by atoms with Gasteiger partial charge in [-0.1, -0.05) is 24.3 Å². The van der Waals surface area contributed by atoms with Gasteiger partial charge in [0.1, 0.15) is 10.8 Å². The van der Waals surface area contributed by atoms with Crippen molar-refractivity contribution in [3.05, 3.63) is 78.7 Å². The van der Waals surface area contributed by atoms with E-state index in [1.165, 1.54) is 11.3 Å². The third kappa shape index (κ3) is 3.02. The first-order chi connectivity index (χ1) is 11.7. The van der Waals surface area contributed by atoms with Gasteiger partial charge in [0, 0.05) is 6.08 Å². The van der Waals surface area contributed by atoms with Gasteiger partial charge in [-0.2, -0.15) is 0 Å². The minimum atomic E-state index is -0.143. The number of hydrogen-bond donors (Lipinski definition) is 2. The molecule has 24 heavy (non-hydrogen) atoms. The normalized spacial score (nSPS) is 13.0. The van der Waals surface area contributed by atoms with Gasteiger partial charge in [-0.15, -0.1) is 22.7 Å². The number of phenolic OH excluding ortho intramolecular Hbond substituents is 1. The van der Waals surface area contributed by atoms with Crippen LogP contribution in [0.5, 0.6) is 5.75 Å². The molecule has 0 unspecified atom stereocenters. The zero-order valence-electron chi connectivity index (χ0n) is 12.4. The molecule has 0 radical (unpaired) electrons. The van der Waals surface area contributed by atoms with Crippen molar-refractivity contribution in [2.24, 2.45) is 0 Å². The highest BCUT2D eigenvalue weighted by atomic mass is 32.1. The first kappa shape index (κ1) is 14.9. The highest BCUT2D eigenvalue weighted by Gasteiger charge is 2.01. The summed E-state index contributed by atoms with van der Waals surface area (Å²) in [5.74, 6) is 0.179. The number of fused-ring (bicyclic) bond motifs is 1. The van der Waals surface area contributed by atoms with Crippen LogP contribution in [0.25, 0.3) is 22.4 Å². The SMILES string of the molecule is O=c1[nH]/c(=C\c2nc3ccccc3s2)s/c1=C\c1cccc(O)c1. The van der Waals surface area contributed by atoms with Crippen molar-refractivity contribution in [2.45, 2.75) is 0 Å². The summed E-state index contributed by atoms with van der Waals surface area (Å²) >= 11 is 2.96. The molecule has 0 spiro atoms. The molecule has 4 aromatic rings. The van der Waals surface area contributed by atoms with Crippen LogP contribution in [0.1, 0.15) is 10.6 Å². The standard InChI is InChI=1S/C18H12N2O2S2/c21-12-5-3-4-11(8-12)9-15-18(22)20-17(24-15)10-16-19-13-6-1-2-7-14(13)23-16/h1-10,21H,(H,20,22)/b15-9-,17-10+. The van der Waals surface area contributed by atoms with Gasteiger partial charge >= 0.3 is 0 Å². The molecule has 0 fully saturated rings. The largest absolute Gasteiger partial charge is 0.508 e. The van der Waals surface area contributed by atoms with Gasteiger partial charge in [0.05, 0.1) is 19.4 Å². The van der Waals surface area contributed by atoms with Crippen LogP contribution in [0, 0.1) is 0 Å². The van der Waals surface area contributed by atoms with Gasteiger partial charge < -0.3 is 10.1 Å². The molecule has 2 N–H and O–H groups in total. The quantitative estimate of drug-likeness (QED) is 0.582. The second kappa shape index (κ2) is 6.07. The topological polar surface area (TPSA) is 66.0 Å². The minimum absolute atomic E-state index is 0.143. The van der Waals surface area contributed by atoms with Gasteiger partial charge in [0.2, 0.25) is 0 Å². The Morgan fingerprint density at radius 1 is 1.04 bits per heavy atom. The molecule has 0 amide bonds. The number of hydrogen-bond acceptors (Lipinski definition) is 5. The predicted molar refractivity (Wildman–Crippen MR) is 99.1 cm³/mol. The lowest BCUT2D eigenvalue weighted by atomic mass is 10.2. The summed E-state index contributed by atoms with van der Waals surface area (Å²) in [4.78, 5) is 19.5. The maximum absolute atomic E-state index is 12.1. The van der Waals surface area contributed by atoms with E-state index in [-0.39, 0.29) is 11.3 Å². The Morgan fingerprint density at radius 3 is 2.75 bits per heavy atom. The summed E-state index contributed by atoms with van der Waals surface area (Å²) in [5, 5.41) is 10.4. The van der Waals surface area contributed by atoms with E-state index >= 15 is 0 Å². The van der Waals surface area contributed by atoms with E-state index in [9.17, 15) is 9.90 Å². The fourth-order valence-electron chi connectivity index (χ4n) is 2.35. The number of phenols is 1. The maximum atomic E-state index is 12.1. The molecule has 2 aromatic carbocycles. The number of para-hydroxylation sites is 1. The number of nitrogens with zero attached hydrogens (tertiary/aromatic N) is 1. The molecule has 4 nitrogen and oxygen atoms in total. The molecule has 0 saturated carbocycles. The number of aromatic nitrogens is 2. The van der Waals surface area contributed by atoms with Gasteiger partial charge in [0.15, 0.2) is 0 Å². The van der Waals surface area contributed by atoms with E-state index in [2.05, 4.69) is 9.97 Å². The van der Waals surface area contributed by atoms with E-state index in [1.54, 1.807) is 35.6 Å². The molecule has 0 atom stereocenters.